The average molecular weight is 1100 g/mol. The van der Waals surface area contributed by atoms with Crippen molar-refractivity contribution < 1.29 is 82.7 Å². The molecule has 2 saturated heterocycles. The van der Waals surface area contributed by atoms with Crippen LogP contribution in [0.4, 0.5) is 4.79 Å². The number of ether oxygens (including phenoxy) is 6. The number of aliphatic hydroxyl groups excluding tert-OH is 4. The van der Waals surface area contributed by atoms with Crippen LogP contribution in [0.3, 0.4) is 0 Å². The standard InChI is InChI=1S/C56H83N5O17/c1-14-26-75-39-27-37(77-55-48(66)46(64)47(65)50(78-55)54(70)71)24-23-36(39)29-76-56(72)60(11)43(31(5)6)52(68)58-42(30(3)4)53(69)59(10)44(32(7)15-2)40(73-12)28-41(62)61-25-19-22-38(61)49(74-13)33(8)51(67)57-34(9)45(63)35-20-17-16-18-21-35/h1,16-18,20-21,23-24,27,30-34,38,40,42-50,55,63-66H,15,19,22,25-26,28-29H2,2-13H3,(H,57,67)(H,58,68)(H,70,71)/t32-,33+,34+,38-,40+,42-,43-,44-,45+,46-,47-,48+,49+,50-,55+/m0/s1. The highest BCUT2D eigenvalue weighted by Gasteiger charge is 2.49. The molecule has 5 amide bonds. The Morgan fingerprint density at radius 1 is 0.872 bits per heavy atom. The summed E-state index contributed by atoms with van der Waals surface area (Å²) in [6.07, 6.45) is -5.37. The second-order valence-corrected chi connectivity index (χ2v) is 20.9. The molecule has 78 heavy (non-hydrogen) atoms. The molecule has 0 spiro atoms. The first-order chi connectivity index (χ1) is 36.8. The molecule has 22 heteroatoms. The van der Waals surface area contributed by atoms with Crippen molar-refractivity contribution in [1.29, 1.82) is 0 Å². The predicted octanol–water partition coefficient (Wildman–Crippen LogP) is 2.86. The molecule has 2 fully saturated rings. The molecule has 2 aliphatic heterocycles. The molecular formula is C56H83N5O17. The number of aliphatic hydroxyl groups is 4. The van der Waals surface area contributed by atoms with E-state index < -0.39 is 127 Å². The van der Waals surface area contributed by atoms with Gasteiger partial charge < -0.3 is 74.4 Å². The predicted molar refractivity (Wildman–Crippen MR) is 284 cm³/mol. The number of carboxylic acids is 1. The van der Waals surface area contributed by atoms with Crippen molar-refractivity contribution in [1.82, 2.24) is 25.3 Å². The molecule has 7 N–H and O–H groups in total. The van der Waals surface area contributed by atoms with Gasteiger partial charge in [-0.2, -0.15) is 0 Å². The van der Waals surface area contributed by atoms with Gasteiger partial charge in [0, 0.05) is 46.5 Å². The number of likely N-dealkylation sites (tertiary alicyclic amines) is 1. The van der Waals surface area contributed by atoms with Crippen LogP contribution in [0, 0.1) is 36.0 Å². The normalized spacial score (nSPS) is 22.8. The second kappa shape index (κ2) is 29.8. The number of aliphatic carboxylic acids is 1. The van der Waals surface area contributed by atoms with Gasteiger partial charge in [-0.3, -0.25) is 24.1 Å². The summed E-state index contributed by atoms with van der Waals surface area (Å²) in [4.78, 5) is 86.8. The lowest BCUT2D eigenvalue weighted by molar-refractivity contribution is -0.271. The van der Waals surface area contributed by atoms with Gasteiger partial charge >= 0.3 is 12.1 Å². The Bertz CT molecular complexity index is 2350. The van der Waals surface area contributed by atoms with Crippen molar-refractivity contribution in [3.8, 4) is 23.8 Å². The zero-order valence-electron chi connectivity index (χ0n) is 46.9. The zero-order valence-corrected chi connectivity index (χ0v) is 46.9. The number of amides is 5. The minimum absolute atomic E-state index is 0.0294. The molecule has 15 atom stereocenters. The van der Waals surface area contributed by atoms with Gasteiger partial charge in [-0.15, -0.1) is 6.42 Å². The van der Waals surface area contributed by atoms with Crippen LogP contribution in [0.1, 0.15) is 98.3 Å². The summed E-state index contributed by atoms with van der Waals surface area (Å²) >= 11 is 0. The Kier molecular flexibility index (Phi) is 24.6. The Morgan fingerprint density at radius 3 is 2.12 bits per heavy atom. The number of nitrogens with zero attached hydrogens (tertiary/aromatic N) is 3. The van der Waals surface area contributed by atoms with Gasteiger partial charge in [-0.1, -0.05) is 91.1 Å². The van der Waals surface area contributed by atoms with E-state index in [0.29, 0.717) is 31.4 Å². The number of methoxy groups -OCH3 is 2. The molecule has 22 nitrogen and oxygen atoms in total. The Morgan fingerprint density at radius 2 is 1.54 bits per heavy atom. The van der Waals surface area contributed by atoms with Crippen LogP contribution in [0.5, 0.6) is 11.5 Å². The number of hydrogen-bond acceptors (Lipinski definition) is 16. The summed E-state index contributed by atoms with van der Waals surface area (Å²) < 4.78 is 34.2. The van der Waals surface area contributed by atoms with E-state index in [0.717, 1.165) is 4.90 Å². The first-order valence-electron chi connectivity index (χ1n) is 26.5. The maximum atomic E-state index is 14.7. The number of terminal acetylenes is 1. The van der Waals surface area contributed by atoms with Crippen LogP contribution in [0.25, 0.3) is 0 Å². The van der Waals surface area contributed by atoms with Gasteiger partial charge in [0.05, 0.1) is 48.8 Å². The van der Waals surface area contributed by atoms with Crippen molar-refractivity contribution in [3.05, 3.63) is 59.7 Å². The number of rotatable bonds is 27. The van der Waals surface area contributed by atoms with Crippen molar-refractivity contribution in [2.24, 2.45) is 23.7 Å². The van der Waals surface area contributed by atoms with Crippen molar-refractivity contribution >= 4 is 35.7 Å². The minimum Gasteiger partial charge on any atom is -0.480 e. The van der Waals surface area contributed by atoms with Crippen molar-refractivity contribution in [3.63, 3.8) is 0 Å². The maximum absolute atomic E-state index is 14.7. The van der Waals surface area contributed by atoms with E-state index >= 15 is 0 Å². The van der Waals surface area contributed by atoms with Crippen LogP contribution >= 0.6 is 0 Å². The molecule has 2 heterocycles. The number of carbonyl (C=O) groups excluding carboxylic acids is 5. The number of carbonyl (C=O) groups is 6. The first-order valence-corrected chi connectivity index (χ1v) is 26.5. The molecule has 434 valence electrons. The maximum Gasteiger partial charge on any atom is 0.410 e. The van der Waals surface area contributed by atoms with E-state index in [1.165, 1.54) is 44.4 Å². The smallest absolute Gasteiger partial charge is 0.410 e. The monoisotopic (exact) mass is 1100 g/mol. The average Bonchev–Trinajstić information content (AvgIpc) is 3.90. The summed E-state index contributed by atoms with van der Waals surface area (Å²) in [5.74, 6) is -2.66. The van der Waals surface area contributed by atoms with E-state index in [9.17, 15) is 54.3 Å². The number of hydrogen-bond donors (Lipinski definition) is 7. The summed E-state index contributed by atoms with van der Waals surface area (Å²) in [7, 11) is 6.00. The van der Waals surface area contributed by atoms with Crippen LogP contribution in [0.15, 0.2) is 48.5 Å². The van der Waals surface area contributed by atoms with Gasteiger partial charge in [-0.25, -0.2) is 9.59 Å². The molecule has 0 radical (unpaired) electrons. The molecule has 2 aromatic rings. The number of nitrogens with one attached hydrogen (secondary N) is 2. The third-order valence-electron chi connectivity index (χ3n) is 14.8. The number of benzene rings is 2. The Labute approximate surface area is 458 Å². The second-order valence-electron chi connectivity index (χ2n) is 20.9. The first kappa shape index (κ1) is 64.5. The summed E-state index contributed by atoms with van der Waals surface area (Å²) in [5, 5.41) is 56.9. The molecule has 0 aromatic heterocycles. The molecule has 0 saturated carbocycles. The zero-order chi connectivity index (χ0) is 58.3. The van der Waals surface area contributed by atoms with Gasteiger partial charge in [0.2, 0.25) is 29.9 Å². The fraction of sp³-hybridized carbons (Fsp3) is 0.643. The van der Waals surface area contributed by atoms with E-state index in [4.69, 9.17) is 34.8 Å². The fourth-order valence-electron chi connectivity index (χ4n) is 10.2. The Balaban J connectivity index is 1.46. The van der Waals surface area contributed by atoms with Gasteiger partial charge in [0.1, 0.15) is 55.1 Å². The highest BCUT2D eigenvalue weighted by Crippen LogP contribution is 2.32. The van der Waals surface area contributed by atoms with E-state index in [1.54, 1.807) is 65.6 Å². The third-order valence-corrected chi connectivity index (χ3v) is 14.8. The van der Waals surface area contributed by atoms with Gasteiger partial charge in [0.25, 0.3) is 0 Å². The molecule has 2 aliphatic rings. The van der Waals surface area contributed by atoms with Crippen LogP contribution in [-0.2, 0) is 49.5 Å². The number of likely N-dealkylation sites (N-methyl/N-ethyl adjacent to an activating group) is 2. The third kappa shape index (κ3) is 16.0. The minimum atomic E-state index is -1.93. The lowest BCUT2D eigenvalue weighted by Crippen LogP contribution is -2.61. The highest BCUT2D eigenvalue weighted by atomic mass is 16.7. The molecule has 4 rings (SSSR count). The van der Waals surface area contributed by atoms with Crippen LogP contribution < -0.4 is 20.1 Å². The summed E-state index contributed by atoms with van der Waals surface area (Å²) in [6, 6.07) is 9.27. The van der Waals surface area contributed by atoms with Crippen LogP contribution in [-0.4, -0.2) is 191 Å². The lowest BCUT2D eigenvalue weighted by atomic mass is 9.89. The van der Waals surface area contributed by atoms with Crippen LogP contribution in [0.2, 0.25) is 0 Å². The largest absolute Gasteiger partial charge is 0.480 e. The lowest BCUT2D eigenvalue weighted by Gasteiger charge is -2.41. The highest BCUT2D eigenvalue weighted by molar-refractivity contribution is 5.92. The molecular weight excluding hydrogens is 1010 g/mol. The fourth-order valence-corrected chi connectivity index (χ4v) is 10.2. The van der Waals surface area contributed by atoms with Gasteiger partial charge in [-0.05, 0) is 55.2 Å². The number of carboxylic acid groups (broad SMARTS) is 1. The quantitative estimate of drug-likeness (QED) is 0.0633. The van der Waals surface area contributed by atoms with Crippen molar-refractivity contribution in [2.45, 2.75) is 167 Å². The van der Waals surface area contributed by atoms with E-state index in [-0.39, 0.29) is 47.8 Å². The van der Waals surface area contributed by atoms with Gasteiger partial charge in [0.15, 0.2) is 6.10 Å². The van der Waals surface area contributed by atoms with Crippen molar-refractivity contribution in [2.75, 3.05) is 41.5 Å². The molecule has 2 aromatic carbocycles. The SMILES string of the molecule is C#CCOc1cc(O[C@@H]2O[C@H](C(=O)O)[C@@H](O)[C@H](O)[C@H]2O)ccc1COC(=O)N(C)[C@H](C(=O)N[C@H](C(=O)N(C)[C@@H]([C@@H](C)CC)[C@@H](CC(=O)N1CCC[C@H]1[C@H](OC)[C@@H](C)C(=O)N[C@H](C)[C@@H](O)c1ccccc1)OC)C(C)C)C(C)C. The molecule has 0 aliphatic carbocycles. The van der Waals surface area contributed by atoms with E-state index in [1.807, 2.05) is 32.0 Å². The topological polar surface area (TPSA) is 293 Å². The molecule has 0 bridgehead atoms. The Hall–Kier alpha value is -6.06. The van der Waals surface area contributed by atoms with E-state index in [2.05, 4.69) is 16.6 Å². The summed E-state index contributed by atoms with van der Waals surface area (Å²) in [5.41, 5.74) is 0.952. The molecule has 0 unspecified atom stereocenters. The summed E-state index contributed by atoms with van der Waals surface area (Å²) in [6.45, 7) is 14.2.